The van der Waals surface area contributed by atoms with E-state index in [0.29, 0.717) is 11.4 Å². The Morgan fingerprint density at radius 2 is 1.16 bits per heavy atom. The molecule has 38 heavy (non-hydrogen) atoms. The monoisotopic (exact) mass is 568 g/mol. The fourth-order valence-corrected chi connectivity index (χ4v) is 5.26. The van der Waals surface area contributed by atoms with Crippen LogP contribution in [0.5, 0.6) is 0 Å². The Labute approximate surface area is 224 Å². The third kappa shape index (κ3) is 6.88. The van der Waals surface area contributed by atoms with Crippen molar-refractivity contribution in [2.75, 3.05) is 15.4 Å². The van der Waals surface area contributed by atoms with Crippen molar-refractivity contribution in [2.45, 2.75) is 9.79 Å². The van der Waals surface area contributed by atoms with Gasteiger partial charge in [0.1, 0.15) is 0 Å². The highest BCUT2D eigenvalue weighted by molar-refractivity contribution is 7.92. The van der Waals surface area contributed by atoms with Crippen molar-refractivity contribution < 1.29 is 21.6 Å². The zero-order valence-electron chi connectivity index (χ0n) is 19.4. The number of carbonyl (C=O) groups excluding carboxylic acids is 1. The number of hydrogen-bond donors (Lipinski definition) is 4. The number of nitrogens with zero attached hydrogens (tertiary/aromatic N) is 2. The quantitative estimate of drug-likeness (QED) is 0.233. The van der Waals surface area contributed by atoms with E-state index < -0.39 is 26.0 Å². The molecule has 0 atom stereocenters. The SMILES string of the molecule is O=C(NS(=O)(=O)c1ccc(NC(=S)Nc2ccc(S(=O)(=O)Nc3ncccn3)cc2)cc1)c1ccccc1. The van der Waals surface area contributed by atoms with Gasteiger partial charge in [0, 0.05) is 29.3 Å². The minimum absolute atomic E-state index is 0.00512. The van der Waals surface area contributed by atoms with Crippen molar-refractivity contribution in [3.63, 3.8) is 0 Å². The van der Waals surface area contributed by atoms with Crippen LogP contribution in [-0.2, 0) is 20.0 Å². The van der Waals surface area contributed by atoms with Crippen molar-refractivity contribution in [1.82, 2.24) is 14.7 Å². The zero-order chi connectivity index (χ0) is 27.2. The van der Waals surface area contributed by atoms with Gasteiger partial charge < -0.3 is 10.6 Å². The highest BCUT2D eigenvalue weighted by Gasteiger charge is 2.19. The van der Waals surface area contributed by atoms with Crippen molar-refractivity contribution in [3.05, 3.63) is 103 Å². The second-order valence-electron chi connectivity index (χ2n) is 7.61. The summed E-state index contributed by atoms with van der Waals surface area (Å²) in [5.41, 5.74) is 1.22. The van der Waals surface area contributed by atoms with E-state index in [-0.39, 0.29) is 26.4 Å². The second-order valence-corrected chi connectivity index (χ2v) is 11.4. The zero-order valence-corrected chi connectivity index (χ0v) is 21.8. The fourth-order valence-electron chi connectivity index (χ4n) is 3.09. The fraction of sp³-hybridized carbons (Fsp3) is 0. The molecule has 4 N–H and O–H groups in total. The summed E-state index contributed by atoms with van der Waals surface area (Å²) >= 11 is 5.28. The van der Waals surface area contributed by atoms with Gasteiger partial charge in [-0.2, -0.15) is 0 Å². The Morgan fingerprint density at radius 1 is 0.658 bits per heavy atom. The molecule has 0 saturated heterocycles. The number of hydrogen-bond acceptors (Lipinski definition) is 8. The number of thiocarbonyl (C=S) groups is 1. The molecule has 1 amide bonds. The molecule has 0 aliphatic carbocycles. The Hall–Kier alpha value is -4.40. The van der Waals surface area contributed by atoms with Gasteiger partial charge in [-0.3, -0.25) is 4.79 Å². The molecule has 194 valence electrons. The maximum atomic E-state index is 12.5. The molecule has 0 saturated carbocycles. The molecule has 0 bridgehead atoms. The van der Waals surface area contributed by atoms with Gasteiger partial charge in [-0.25, -0.2) is 36.2 Å². The molecular weight excluding hydrogens is 549 g/mol. The van der Waals surface area contributed by atoms with Gasteiger partial charge in [0.15, 0.2) is 5.11 Å². The Morgan fingerprint density at radius 3 is 1.68 bits per heavy atom. The van der Waals surface area contributed by atoms with Crippen LogP contribution in [0.4, 0.5) is 17.3 Å². The van der Waals surface area contributed by atoms with Crippen LogP contribution in [0.1, 0.15) is 10.4 Å². The lowest BCUT2D eigenvalue weighted by molar-refractivity contribution is 0.0981. The van der Waals surface area contributed by atoms with Crippen LogP contribution in [0.3, 0.4) is 0 Å². The molecule has 1 heterocycles. The summed E-state index contributed by atoms with van der Waals surface area (Å²) in [6.45, 7) is 0. The van der Waals surface area contributed by atoms with E-state index in [0.717, 1.165) is 0 Å². The summed E-state index contributed by atoms with van der Waals surface area (Å²) in [4.78, 5) is 19.8. The molecule has 4 rings (SSSR count). The van der Waals surface area contributed by atoms with Gasteiger partial charge in [-0.05, 0) is 78.9 Å². The number of anilines is 3. The number of amides is 1. The molecule has 11 nitrogen and oxygen atoms in total. The summed E-state index contributed by atoms with van der Waals surface area (Å²) in [5.74, 6) is -0.779. The van der Waals surface area contributed by atoms with Crippen molar-refractivity contribution in [3.8, 4) is 0 Å². The van der Waals surface area contributed by atoms with Gasteiger partial charge in [-0.15, -0.1) is 0 Å². The smallest absolute Gasteiger partial charge is 0.264 e. The number of sulfonamides is 2. The molecule has 0 unspecified atom stereocenters. The normalized spacial score (nSPS) is 11.3. The summed E-state index contributed by atoms with van der Waals surface area (Å²) < 4.78 is 54.4. The van der Waals surface area contributed by atoms with Gasteiger partial charge in [-0.1, -0.05) is 18.2 Å². The summed E-state index contributed by atoms with van der Waals surface area (Å²) in [6, 6.07) is 21.0. The van der Waals surface area contributed by atoms with Gasteiger partial charge in [0.25, 0.3) is 26.0 Å². The molecule has 0 aliphatic rings. The molecule has 0 fully saturated rings. The van der Waals surface area contributed by atoms with Crippen LogP contribution in [0.25, 0.3) is 0 Å². The average Bonchev–Trinajstić information content (AvgIpc) is 2.90. The first-order valence-corrected chi connectivity index (χ1v) is 14.2. The van der Waals surface area contributed by atoms with E-state index in [4.69, 9.17) is 12.2 Å². The summed E-state index contributed by atoms with van der Waals surface area (Å²) in [7, 11) is -7.95. The standard InChI is InChI=1S/C24H20N6O5S3/c31-22(17-5-2-1-3-6-17)29-37(32,33)20-11-7-18(8-12-20)27-24(36)28-19-9-13-21(14-10-19)38(34,35)30-23-25-15-4-16-26-23/h1-16H,(H,29,31)(H,25,26,30)(H2,27,28,36). The molecule has 0 aliphatic heterocycles. The highest BCUT2D eigenvalue weighted by Crippen LogP contribution is 2.18. The third-order valence-electron chi connectivity index (χ3n) is 4.90. The first-order chi connectivity index (χ1) is 18.1. The van der Waals surface area contributed by atoms with E-state index in [2.05, 4.69) is 25.3 Å². The van der Waals surface area contributed by atoms with Crippen molar-refractivity contribution >= 4 is 60.6 Å². The van der Waals surface area contributed by atoms with Crippen LogP contribution in [0.15, 0.2) is 107 Å². The predicted molar refractivity (Wildman–Crippen MR) is 147 cm³/mol. The largest absolute Gasteiger partial charge is 0.332 e. The molecule has 1 aromatic heterocycles. The number of aromatic nitrogens is 2. The van der Waals surface area contributed by atoms with Crippen LogP contribution < -0.4 is 20.1 Å². The lowest BCUT2D eigenvalue weighted by Gasteiger charge is -2.12. The van der Waals surface area contributed by atoms with Crippen LogP contribution in [0.2, 0.25) is 0 Å². The Bertz CT molecular complexity index is 1650. The third-order valence-corrected chi connectivity index (χ3v) is 7.79. The number of carbonyl (C=O) groups is 1. The minimum atomic E-state index is -4.08. The van der Waals surface area contributed by atoms with Gasteiger partial charge in [0.2, 0.25) is 5.95 Å². The Balaban J connectivity index is 1.34. The molecule has 14 heteroatoms. The second kappa shape index (κ2) is 11.3. The Kier molecular flexibility index (Phi) is 7.95. The van der Waals surface area contributed by atoms with E-state index in [9.17, 15) is 21.6 Å². The van der Waals surface area contributed by atoms with Gasteiger partial charge in [0.05, 0.1) is 9.79 Å². The number of benzene rings is 3. The number of rotatable bonds is 8. The van der Waals surface area contributed by atoms with E-state index in [1.807, 2.05) is 4.72 Å². The number of nitrogens with one attached hydrogen (secondary N) is 4. The van der Waals surface area contributed by atoms with Gasteiger partial charge >= 0.3 is 0 Å². The first-order valence-electron chi connectivity index (χ1n) is 10.8. The predicted octanol–water partition coefficient (Wildman–Crippen LogP) is 3.21. The van der Waals surface area contributed by atoms with Crippen LogP contribution in [-0.4, -0.2) is 37.8 Å². The van der Waals surface area contributed by atoms with Crippen LogP contribution >= 0.6 is 12.2 Å². The maximum absolute atomic E-state index is 12.5. The molecule has 4 aromatic rings. The van der Waals surface area contributed by atoms with E-state index in [1.54, 1.807) is 24.3 Å². The van der Waals surface area contributed by atoms with E-state index >= 15 is 0 Å². The molecular formula is C24H20N6O5S3. The lowest BCUT2D eigenvalue weighted by Crippen LogP contribution is -2.30. The molecule has 0 spiro atoms. The molecule has 3 aromatic carbocycles. The summed E-state index contributed by atoms with van der Waals surface area (Å²) in [5, 5.41) is 6.00. The minimum Gasteiger partial charge on any atom is -0.332 e. The lowest BCUT2D eigenvalue weighted by atomic mass is 10.2. The topological polar surface area (TPSA) is 159 Å². The van der Waals surface area contributed by atoms with Crippen LogP contribution in [0, 0.1) is 0 Å². The average molecular weight is 569 g/mol. The first kappa shape index (κ1) is 26.7. The highest BCUT2D eigenvalue weighted by atomic mass is 32.2. The van der Waals surface area contributed by atoms with Crippen molar-refractivity contribution in [2.24, 2.45) is 0 Å². The maximum Gasteiger partial charge on any atom is 0.264 e. The van der Waals surface area contributed by atoms with Crippen molar-refractivity contribution in [1.29, 1.82) is 0 Å². The summed E-state index contributed by atoms with van der Waals surface area (Å²) in [6.07, 6.45) is 2.84. The molecule has 0 radical (unpaired) electrons. The van der Waals surface area contributed by atoms with E-state index in [1.165, 1.54) is 73.1 Å².